The Kier molecular flexibility index (Phi) is 4.08. The first-order chi connectivity index (χ1) is 8.61. The topological polar surface area (TPSA) is 72.2 Å². The highest BCUT2D eigenvalue weighted by molar-refractivity contribution is 9.10. The Balaban J connectivity index is 2.29. The molecule has 1 saturated heterocycles. The molecule has 6 heteroatoms. The summed E-state index contributed by atoms with van der Waals surface area (Å²) in [5.41, 5.74) is 0.831. The number of rotatable bonds is 3. The lowest BCUT2D eigenvalue weighted by molar-refractivity contribution is -0.531. The number of nitro groups is 1. The minimum absolute atomic E-state index is 0.264. The third-order valence-corrected chi connectivity index (χ3v) is 3.69. The van der Waals surface area contributed by atoms with E-state index < -0.39 is 12.1 Å². The Bertz CT molecular complexity index is 466. The number of aldehydes is 1. The number of carbonyl (C=O) groups is 1. The van der Waals surface area contributed by atoms with E-state index in [1.807, 2.05) is 24.3 Å². The van der Waals surface area contributed by atoms with Gasteiger partial charge in [-0.15, -0.1) is 0 Å². The smallest absolute Gasteiger partial charge is 0.232 e. The lowest BCUT2D eigenvalue weighted by atomic mass is 9.90. The standard InChI is InChI=1S/C12H13BrN2O3/c13-9-3-1-2-8(6-9)12-11(15(17)18)5-4-10(7-16)14-12/h1-3,6-7,10-12,14H,4-5H2. The fraction of sp³-hybridized carbons (Fsp3) is 0.417. The van der Waals surface area contributed by atoms with Crippen LogP contribution in [0.4, 0.5) is 0 Å². The van der Waals surface area contributed by atoms with Crippen LogP contribution >= 0.6 is 15.9 Å². The molecule has 96 valence electrons. The van der Waals surface area contributed by atoms with Crippen molar-refractivity contribution in [1.29, 1.82) is 0 Å². The van der Waals surface area contributed by atoms with Gasteiger partial charge in [-0.3, -0.25) is 15.4 Å². The van der Waals surface area contributed by atoms with Crippen LogP contribution in [0.5, 0.6) is 0 Å². The van der Waals surface area contributed by atoms with Crippen LogP contribution < -0.4 is 5.32 Å². The minimum Gasteiger partial charge on any atom is -0.302 e. The zero-order valence-electron chi connectivity index (χ0n) is 9.58. The van der Waals surface area contributed by atoms with Crippen molar-refractivity contribution in [1.82, 2.24) is 5.32 Å². The lowest BCUT2D eigenvalue weighted by Gasteiger charge is -2.30. The first kappa shape index (κ1) is 13.2. The summed E-state index contributed by atoms with van der Waals surface area (Å²) < 4.78 is 0.872. The Hall–Kier alpha value is -1.27. The molecular weight excluding hydrogens is 300 g/mol. The van der Waals surface area contributed by atoms with E-state index in [2.05, 4.69) is 21.2 Å². The van der Waals surface area contributed by atoms with Gasteiger partial charge in [-0.1, -0.05) is 28.1 Å². The molecule has 3 unspecified atom stereocenters. The first-order valence-corrected chi connectivity index (χ1v) is 6.51. The Labute approximate surface area is 113 Å². The van der Waals surface area contributed by atoms with Crippen LogP contribution in [0.2, 0.25) is 0 Å². The molecule has 1 fully saturated rings. The Morgan fingerprint density at radius 1 is 1.44 bits per heavy atom. The predicted molar refractivity (Wildman–Crippen MR) is 69.9 cm³/mol. The number of carbonyl (C=O) groups excluding carboxylic acids is 1. The Morgan fingerprint density at radius 2 is 2.22 bits per heavy atom. The second kappa shape index (κ2) is 5.58. The van der Waals surface area contributed by atoms with Crippen molar-refractivity contribution in [2.24, 2.45) is 0 Å². The van der Waals surface area contributed by atoms with Gasteiger partial charge in [0.2, 0.25) is 6.04 Å². The minimum atomic E-state index is -0.685. The third-order valence-electron chi connectivity index (χ3n) is 3.19. The van der Waals surface area contributed by atoms with Gasteiger partial charge in [-0.25, -0.2) is 0 Å². The van der Waals surface area contributed by atoms with Crippen molar-refractivity contribution in [2.45, 2.75) is 31.0 Å². The van der Waals surface area contributed by atoms with Crippen molar-refractivity contribution in [2.75, 3.05) is 0 Å². The molecule has 0 aromatic heterocycles. The fourth-order valence-corrected chi connectivity index (χ4v) is 2.71. The van der Waals surface area contributed by atoms with E-state index in [0.717, 1.165) is 16.3 Å². The van der Waals surface area contributed by atoms with E-state index in [-0.39, 0.29) is 11.0 Å². The number of benzene rings is 1. The largest absolute Gasteiger partial charge is 0.302 e. The molecule has 1 heterocycles. The zero-order valence-corrected chi connectivity index (χ0v) is 11.2. The summed E-state index contributed by atoms with van der Waals surface area (Å²) in [4.78, 5) is 21.7. The van der Waals surface area contributed by atoms with Crippen LogP contribution in [0.3, 0.4) is 0 Å². The average molecular weight is 313 g/mol. The second-order valence-corrected chi connectivity index (χ2v) is 5.29. The summed E-state index contributed by atoms with van der Waals surface area (Å²) >= 11 is 3.35. The number of piperidine rings is 1. The van der Waals surface area contributed by atoms with E-state index in [4.69, 9.17) is 0 Å². The molecule has 1 aromatic carbocycles. The van der Waals surface area contributed by atoms with Crippen molar-refractivity contribution in [3.05, 3.63) is 44.4 Å². The van der Waals surface area contributed by atoms with Gasteiger partial charge >= 0.3 is 0 Å². The SMILES string of the molecule is O=CC1CCC([N+](=O)[O-])C(c2cccc(Br)c2)N1. The van der Waals surface area contributed by atoms with Crippen molar-refractivity contribution >= 4 is 22.2 Å². The summed E-state index contributed by atoms with van der Waals surface area (Å²) in [6, 6.07) is 5.99. The number of hydrogen-bond acceptors (Lipinski definition) is 4. The molecule has 0 radical (unpaired) electrons. The van der Waals surface area contributed by atoms with Crippen LogP contribution in [0, 0.1) is 10.1 Å². The maximum Gasteiger partial charge on any atom is 0.232 e. The van der Waals surface area contributed by atoms with Gasteiger partial charge < -0.3 is 4.79 Å². The number of nitrogens with one attached hydrogen (secondary N) is 1. The van der Waals surface area contributed by atoms with Crippen molar-refractivity contribution in [3.8, 4) is 0 Å². The molecule has 2 rings (SSSR count). The Morgan fingerprint density at radius 3 is 2.83 bits per heavy atom. The second-order valence-electron chi connectivity index (χ2n) is 4.37. The van der Waals surface area contributed by atoms with Crippen LogP contribution in [-0.2, 0) is 4.79 Å². The summed E-state index contributed by atoms with van der Waals surface area (Å²) in [5, 5.41) is 14.1. The monoisotopic (exact) mass is 312 g/mol. The number of nitrogens with zero attached hydrogens (tertiary/aromatic N) is 1. The fourth-order valence-electron chi connectivity index (χ4n) is 2.29. The molecule has 5 nitrogen and oxygen atoms in total. The highest BCUT2D eigenvalue weighted by Crippen LogP contribution is 2.29. The van der Waals surface area contributed by atoms with Crippen LogP contribution in [-0.4, -0.2) is 23.3 Å². The van der Waals surface area contributed by atoms with E-state index in [9.17, 15) is 14.9 Å². The van der Waals surface area contributed by atoms with E-state index in [1.165, 1.54) is 0 Å². The molecule has 1 aliphatic rings. The summed E-state index contributed by atoms with van der Waals surface area (Å²) in [6.07, 6.45) is 1.75. The molecule has 18 heavy (non-hydrogen) atoms. The molecular formula is C12H13BrN2O3. The van der Waals surface area contributed by atoms with Gasteiger partial charge in [0, 0.05) is 15.8 Å². The molecule has 1 aromatic rings. The van der Waals surface area contributed by atoms with Crippen LogP contribution in [0.25, 0.3) is 0 Å². The highest BCUT2D eigenvalue weighted by atomic mass is 79.9. The van der Waals surface area contributed by atoms with Gasteiger partial charge in [-0.05, 0) is 24.1 Å². The normalized spacial score (nSPS) is 27.7. The summed E-state index contributed by atoms with van der Waals surface area (Å²) in [6.45, 7) is 0. The van der Waals surface area contributed by atoms with Gasteiger partial charge in [0.15, 0.2) is 0 Å². The highest BCUT2D eigenvalue weighted by Gasteiger charge is 2.38. The van der Waals surface area contributed by atoms with Crippen LogP contribution in [0.1, 0.15) is 24.4 Å². The number of halogens is 1. The third kappa shape index (κ3) is 2.76. The van der Waals surface area contributed by atoms with Gasteiger partial charge in [0.25, 0.3) is 0 Å². The predicted octanol–water partition coefficient (Wildman–Crippen LogP) is 2.09. The van der Waals surface area contributed by atoms with E-state index >= 15 is 0 Å². The maximum atomic E-state index is 11.1. The molecule has 0 aliphatic carbocycles. The molecule has 3 atom stereocenters. The molecule has 0 spiro atoms. The molecule has 0 saturated carbocycles. The maximum absolute atomic E-state index is 11.1. The zero-order chi connectivity index (χ0) is 13.1. The average Bonchev–Trinajstić information content (AvgIpc) is 2.38. The molecule has 0 bridgehead atoms. The van der Waals surface area contributed by atoms with E-state index in [0.29, 0.717) is 12.8 Å². The van der Waals surface area contributed by atoms with Crippen molar-refractivity contribution < 1.29 is 9.72 Å². The van der Waals surface area contributed by atoms with E-state index in [1.54, 1.807) is 0 Å². The quantitative estimate of drug-likeness (QED) is 0.527. The van der Waals surface area contributed by atoms with Crippen LogP contribution in [0.15, 0.2) is 28.7 Å². The van der Waals surface area contributed by atoms with Gasteiger partial charge in [-0.2, -0.15) is 0 Å². The molecule has 1 N–H and O–H groups in total. The van der Waals surface area contributed by atoms with Crippen molar-refractivity contribution in [3.63, 3.8) is 0 Å². The molecule has 1 aliphatic heterocycles. The number of hydrogen-bond donors (Lipinski definition) is 1. The first-order valence-electron chi connectivity index (χ1n) is 5.72. The van der Waals surface area contributed by atoms with Gasteiger partial charge in [0.05, 0.1) is 6.04 Å². The summed E-state index contributed by atoms with van der Waals surface area (Å²) in [7, 11) is 0. The molecule has 0 amide bonds. The lowest BCUT2D eigenvalue weighted by Crippen LogP contribution is -2.48. The summed E-state index contributed by atoms with van der Waals surface area (Å²) in [5.74, 6) is 0. The van der Waals surface area contributed by atoms with Gasteiger partial charge in [0.1, 0.15) is 12.3 Å².